The van der Waals surface area contributed by atoms with Crippen molar-refractivity contribution in [3.63, 3.8) is 0 Å². The smallest absolute Gasteiger partial charge is 0.408 e. The van der Waals surface area contributed by atoms with Crippen molar-refractivity contribution in [1.29, 1.82) is 0 Å². The van der Waals surface area contributed by atoms with Gasteiger partial charge in [-0.25, -0.2) is 4.79 Å². The van der Waals surface area contributed by atoms with Gasteiger partial charge in [0.25, 0.3) is 0 Å². The van der Waals surface area contributed by atoms with Crippen LogP contribution in [0.4, 0.5) is 4.79 Å². The van der Waals surface area contributed by atoms with Gasteiger partial charge in [0, 0.05) is 36.4 Å². The molecule has 0 radical (unpaired) electrons. The molecule has 7 heteroatoms. The van der Waals surface area contributed by atoms with Gasteiger partial charge >= 0.3 is 6.09 Å². The molecule has 3 aliphatic heterocycles. The fraction of sp³-hybridized carbons (Fsp3) is 0.467. The molecule has 1 saturated heterocycles. The fourth-order valence-electron chi connectivity index (χ4n) is 5.38. The van der Waals surface area contributed by atoms with E-state index in [0.717, 1.165) is 60.1 Å². The summed E-state index contributed by atoms with van der Waals surface area (Å²) < 4.78 is 17.8. The summed E-state index contributed by atoms with van der Waals surface area (Å²) >= 11 is 0. The molecule has 2 bridgehead atoms. The SMILES string of the molecule is CC(C)(C)OC(=O)N[C@H]1Cc2ccc(cc2)OCCCc2oc3ccccc3c2C[C@@H]2CCCN2C1=O. The number of carbonyl (C=O) groups excluding carboxylic acids is 2. The van der Waals surface area contributed by atoms with Crippen LogP contribution in [0.1, 0.15) is 56.9 Å². The van der Waals surface area contributed by atoms with E-state index in [1.807, 2.05) is 68.1 Å². The van der Waals surface area contributed by atoms with E-state index in [9.17, 15) is 9.59 Å². The number of alkyl carbamates (subject to hydrolysis) is 1. The minimum absolute atomic E-state index is 0.0433. The van der Waals surface area contributed by atoms with E-state index >= 15 is 0 Å². The van der Waals surface area contributed by atoms with Gasteiger partial charge in [0.1, 0.15) is 28.7 Å². The number of aryl methyl sites for hydroxylation is 1. The largest absolute Gasteiger partial charge is 0.494 e. The van der Waals surface area contributed by atoms with Gasteiger partial charge in [-0.15, -0.1) is 0 Å². The third kappa shape index (κ3) is 5.92. The Morgan fingerprint density at radius 3 is 2.62 bits per heavy atom. The Balaban J connectivity index is 1.48. The molecular formula is C30H36N2O5. The van der Waals surface area contributed by atoms with Gasteiger partial charge in [0.2, 0.25) is 5.91 Å². The molecule has 0 unspecified atom stereocenters. The number of hydrogen-bond donors (Lipinski definition) is 1. The highest BCUT2D eigenvalue weighted by Gasteiger charge is 2.36. The molecular weight excluding hydrogens is 468 g/mol. The molecule has 2 atom stereocenters. The van der Waals surface area contributed by atoms with E-state index in [0.29, 0.717) is 19.6 Å². The van der Waals surface area contributed by atoms with Gasteiger partial charge in [-0.05, 0) is 70.2 Å². The monoisotopic (exact) mass is 504 g/mol. The number of ether oxygens (including phenoxy) is 2. The van der Waals surface area contributed by atoms with Gasteiger partial charge in [0.15, 0.2) is 0 Å². The highest BCUT2D eigenvalue weighted by molar-refractivity contribution is 5.87. The number of nitrogens with zero attached hydrogens (tertiary/aromatic N) is 1. The maximum Gasteiger partial charge on any atom is 0.408 e. The number of amides is 2. The molecule has 37 heavy (non-hydrogen) atoms. The zero-order valence-electron chi connectivity index (χ0n) is 21.9. The van der Waals surface area contributed by atoms with Crippen molar-refractivity contribution in [2.24, 2.45) is 0 Å². The Kier molecular flexibility index (Phi) is 7.13. The number of benzene rings is 2. The average molecular weight is 505 g/mol. The molecule has 1 aromatic heterocycles. The highest BCUT2D eigenvalue weighted by Crippen LogP contribution is 2.32. The quantitative estimate of drug-likeness (QED) is 0.478. The van der Waals surface area contributed by atoms with E-state index in [-0.39, 0.29) is 11.9 Å². The normalized spacial score (nSPS) is 20.8. The summed E-state index contributed by atoms with van der Waals surface area (Å²) in [5, 5.41) is 3.98. The number of para-hydroxylation sites is 1. The van der Waals surface area contributed by atoms with Crippen LogP contribution in [0.2, 0.25) is 0 Å². The van der Waals surface area contributed by atoms with Crippen LogP contribution in [0.15, 0.2) is 52.9 Å². The lowest BCUT2D eigenvalue weighted by atomic mass is 9.98. The van der Waals surface area contributed by atoms with Crippen molar-refractivity contribution in [2.75, 3.05) is 13.2 Å². The van der Waals surface area contributed by atoms with E-state index in [1.165, 1.54) is 5.56 Å². The van der Waals surface area contributed by atoms with Crippen LogP contribution < -0.4 is 10.1 Å². The number of hydrogen-bond acceptors (Lipinski definition) is 5. The fourth-order valence-corrected chi connectivity index (χ4v) is 5.38. The lowest BCUT2D eigenvalue weighted by Gasteiger charge is -2.30. The molecule has 7 nitrogen and oxygen atoms in total. The minimum atomic E-state index is -0.726. The molecule has 3 aliphatic rings. The molecule has 6 rings (SSSR count). The van der Waals surface area contributed by atoms with Crippen molar-refractivity contribution in [3.05, 3.63) is 65.4 Å². The highest BCUT2D eigenvalue weighted by atomic mass is 16.6. The van der Waals surface area contributed by atoms with E-state index in [2.05, 4.69) is 11.4 Å². The molecule has 0 spiro atoms. The maximum absolute atomic E-state index is 13.9. The maximum atomic E-state index is 13.9. The van der Waals surface area contributed by atoms with Crippen LogP contribution in [0, 0.1) is 0 Å². The zero-order valence-corrected chi connectivity index (χ0v) is 21.9. The molecule has 1 fully saturated rings. The predicted octanol–water partition coefficient (Wildman–Crippen LogP) is 5.43. The van der Waals surface area contributed by atoms with Gasteiger partial charge in [-0.1, -0.05) is 30.3 Å². The molecule has 0 saturated carbocycles. The Morgan fingerprint density at radius 1 is 1.05 bits per heavy atom. The van der Waals surface area contributed by atoms with Crippen molar-refractivity contribution >= 4 is 23.0 Å². The number of fused-ring (bicyclic) bond motifs is 8. The van der Waals surface area contributed by atoms with Gasteiger partial charge in [-0.2, -0.15) is 0 Å². The molecule has 3 aromatic rings. The average Bonchev–Trinajstić information content (AvgIpc) is 3.45. The van der Waals surface area contributed by atoms with Crippen molar-refractivity contribution in [3.8, 4) is 5.75 Å². The lowest BCUT2D eigenvalue weighted by Crippen LogP contribution is -2.52. The van der Waals surface area contributed by atoms with Crippen LogP contribution >= 0.6 is 0 Å². The van der Waals surface area contributed by atoms with Crippen molar-refractivity contribution in [1.82, 2.24) is 10.2 Å². The summed E-state index contributed by atoms with van der Waals surface area (Å²) in [6.45, 7) is 6.71. The number of furan rings is 1. The first-order valence-corrected chi connectivity index (χ1v) is 13.3. The third-order valence-corrected chi connectivity index (χ3v) is 7.05. The van der Waals surface area contributed by atoms with Crippen molar-refractivity contribution in [2.45, 2.75) is 77.0 Å². The van der Waals surface area contributed by atoms with Crippen LogP contribution in [0.3, 0.4) is 0 Å². The van der Waals surface area contributed by atoms with Crippen LogP contribution in [0.25, 0.3) is 11.0 Å². The third-order valence-electron chi connectivity index (χ3n) is 7.05. The molecule has 0 aliphatic carbocycles. The van der Waals surface area contributed by atoms with E-state index in [1.54, 1.807) is 0 Å². The second-order valence-electron chi connectivity index (χ2n) is 11.0. The van der Waals surface area contributed by atoms with Crippen LogP contribution in [-0.2, 0) is 28.8 Å². The molecule has 196 valence electrons. The summed E-state index contributed by atoms with van der Waals surface area (Å²) in [4.78, 5) is 28.6. The summed E-state index contributed by atoms with van der Waals surface area (Å²) in [7, 11) is 0. The Hall–Kier alpha value is -3.48. The first kappa shape index (κ1) is 25.2. The molecule has 4 heterocycles. The summed E-state index contributed by atoms with van der Waals surface area (Å²) in [6.07, 6.45) is 3.98. The Labute approximate surface area is 218 Å². The lowest BCUT2D eigenvalue weighted by molar-refractivity contribution is -0.134. The topological polar surface area (TPSA) is 81.0 Å². The number of carbonyl (C=O) groups is 2. The Morgan fingerprint density at radius 2 is 1.84 bits per heavy atom. The second-order valence-corrected chi connectivity index (χ2v) is 11.0. The summed E-state index contributed by atoms with van der Waals surface area (Å²) in [6, 6.07) is 15.2. The first-order valence-electron chi connectivity index (χ1n) is 13.3. The number of nitrogens with one attached hydrogen (secondary N) is 1. The van der Waals surface area contributed by atoms with Gasteiger partial charge < -0.3 is 24.1 Å². The first-order chi connectivity index (χ1) is 17.8. The van der Waals surface area contributed by atoms with Crippen molar-refractivity contribution < 1.29 is 23.5 Å². The number of rotatable bonds is 1. The minimum Gasteiger partial charge on any atom is -0.494 e. The molecule has 2 aromatic carbocycles. The standard InChI is InChI=1S/C30H36N2O5/c1-30(2,3)37-29(34)31-25-18-20-12-14-22(15-13-20)35-17-7-11-27-24(23-9-4-5-10-26(23)36-27)19-21-8-6-16-32(21)28(25)33/h4-5,9-10,12-15,21,25H,6-8,11,16-19H2,1-3H3,(H,31,34)/t21-,25-/m0/s1. The molecule has 2 amide bonds. The zero-order chi connectivity index (χ0) is 26.0. The van der Waals surface area contributed by atoms with Crippen LogP contribution in [-0.4, -0.2) is 47.7 Å². The Bertz CT molecular complexity index is 1260. The van der Waals surface area contributed by atoms with E-state index < -0.39 is 17.7 Å². The molecule has 1 N–H and O–H groups in total. The summed E-state index contributed by atoms with van der Waals surface area (Å²) in [5.41, 5.74) is 2.35. The predicted molar refractivity (Wildman–Crippen MR) is 142 cm³/mol. The van der Waals surface area contributed by atoms with Gasteiger partial charge in [-0.3, -0.25) is 4.79 Å². The van der Waals surface area contributed by atoms with Crippen LogP contribution in [0.5, 0.6) is 5.75 Å². The second kappa shape index (κ2) is 10.5. The summed E-state index contributed by atoms with van der Waals surface area (Å²) in [5.74, 6) is 1.67. The van der Waals surface area contributed by atoms with E-state index in [4.69, 9.17) is 13.9 Å². The van der Waals surface area contributed by atoms with Gasteiger partial charge in [0.05, 0.1) is 6.61 Å².